The number of hydrogen-bond acceptors (Lipinski definition) is 1. The van der Waals surface area contributed by atoms with Crippen molar-refractivity contribution in [3.8, 4) is 0 Å². The smallest absolute Gasteiger partial charge is 0.0608 e. The number of benzene rings is 1. The zero-order valence-electron chi connectivity index (χ0n) is 11.0. The van der Waals surface area contributed by atoms with E-state index < -0.39 is 0 Å². The van der Waals surface area contributed by atoms with Crippen molar-refractivity contribution in [2.24, 2.45) is 11.8 Å². The molecule has 94 valence electrons. The number of aliphatic hydroxyl groups is 1. The highest BCUT2D eigenvalue weighted by Crippen LogP contribution is 2.33. The van der Waals surface area contributed by atoms with Crippen molar-refractivity contribution in [3.05, 3.63) is 35.4 Å². The second-order valence-corrected chi connectivity index (χ2v) is 5.62. The van der Waals surface area contributed by atoms with Gasteiger partial charge in [0.1, 0.15) is 0 Å². The molecule has 0 amide bonds. The molecule has 1 saturated carbocycles. The van der Waals surface area contributed by atoms with Crippen LogP contribution in [-0.2, 0) is 12.8 Å². The summed E-state index contributed by atoms with van der Waals surface area (Å²) < 4.78 is 0. The SMILES string of the molecule is CCc1ccc(CC(O)C2CCC(C)C2)cc1. The Morgan fingerprint density at radius 1 is 1.18 bits per heavy atom. The lowest BCUT2D eigenvalue weighted by Crippen LogP contribution is -2.20. The lowest BCUT2D eigenvalue weighted by Gasteiger charge is -2.18. The molecule has 0 aromatic heterocycles. The van der Waals surface area contributed by atoms with Crippen LogP contribution in [-0.4, -0.2) is 11.2 Å². The van der Waals surface area contributed by atoms with E-state index in [0.717, 1.165) is 18.8 Å². The summed E-state index contributed by atoms with van der Waals surface area (Å²) in [6.45, 7) is 4.46. The molecule has 2 rings (SSSR count). The van der Waals surface area contributed by atoms with Gasteiger partial charge in [0, 0.05) is 0 Å². The molecule has 1 nitrogen and oxygen atoms in total. The third kappa shape index (κ3) is 3.32. The van der Waals surface area contributed by atoms with Crippen LogP contribution < -0.4 is 0 Å². The molecule has 3 unspecified atom stereocenters. The minimum Gasteiger partial charge on any atom is -0.392 e. The van der Waals surface area contributed by atoms with Gasteiger partial charge in [0.05, 0.1) is 6.10 Å². The van der Waals surface area contributed by atoms with E-state index in [4.69, 9.17) is 0 Å². The number of rotatable bonds is 4. The molecule has 1 aliphatic rings. The third-order valence-corrected chi connectivity index (χ3v) is 4.16. The van der Waals surface area contributed by atoms with Gasteiger partial charge in [0.2, 0.25) is 0 Å². The lowest BCUT2D eigenvalue weighted by atomic mass is 9.93. The van der Waals surface area contributed by atoms with Gasteiger partial charge in [-0.2, -0.15) is 0 Å². The minimum absolute atomic E-state index is 0.146. The second-order valence-electron chi connectivity index (χ2n) is 5.62. The van der Waals surface area contributed by atoms with Gasteiger partial charge in [-0.05, 0) is 48.6 Å². The zero-order valence-corrected chi connectivity index (χ0v) is 11.0. The monoisotopic (exact) mass is 232 g/mol. The fourth-order valence-corrected chi connectivity index (χ4v) is 2.92. The van der Waals surface area contributed by atoms with E-state index in [2.05, 4.69) is 38.1 Å². The summed E-state index contributed by atoms with van der Waals surface area (Å²) >= 11 is 0. The molecule has 3 atom stereocenters. The first kappa shape index (κ1) is 12.6. The van der Waals surface area contributed by atoms with Crippen LogP contribution in [0.25, 0.3) is 0 Å². The van der Waals surface area contributed by atoms with Crippen molar-refractivity contribution in [1.29, 1.82) is 0 Å². The molecule has 0 aliphatic heterocycles. The van der Waals surface area contributed by atoms with Crippen LogP contribution in [0.15, 0.2) is 24.3 Å². The van der Waals surface area contributed by atoms with Crippen LogP contribution in [0.1, 0.15) is 44.2 Å². The van der Waals surface area contributed by atoms with E-state index in [9.17, 15) is 5.11 Å². The Hall–Kier alpha value is -0.820. The van der Waals surface area contributed by atoms with Gasteiger partial charge < -0.3 is 5.11 Å². The van der Waals surface area contributed by atoms with Crippen molar-refractivity contribution >= 4 is 0 Å². The van der Waals surface area contributed by atoms with Gasteiger partial charge in [-0.1, -0.05) is 44.5 Å². The molecule has 0 saturated heterocycles. The van der Waals surface area contributed by atoms with E-state index in [1.54, 1.807) is 0 Å². The van der Waals surface area contributed by atoms with Crippen LogP contribution >= 0.6 is 0 Å². The Balaban J connectivity index is 1.91. The predicted octanol–water partition coefficient (Wildman–Crippen LogP) is 3.59. The average Bonchev–Trinajstić information content (AvgIpc) is 2.77. The normalized spacial score (nSPS) is 26.1. The van der Waals surface area contributed by atoms with Crippen LogP contribution in [0.4, 0.5) is 0 Å². The van der Waals surface area contributed by atoms with Crippen LogP contribution in [0.3, 0.4) is 0 Å². The first-order valence-electron chi connectivity index (χ1n) is 6.95. The molecule has 1 N–H and O–H groups in total. The maximum Gasteiger partial charge on any atom is 0.0608 e. The summed E-state index contributed by atoms with van der Waals surface area (Å²) in [5.74, 6) is 1.33. The first-order valence-corrected chi connectivity index (χ1v) is 6.95. The van der Waals surface area contributed by atoms with Crippen molar-refractivity contribution in [1.82, 2.24) is 0 Å². The fraction of sp³-hybridized carbons (Fsp3) is 0.625. The zero-order chi connectivity index (χ0) is 12.3. The third-order valence-electron chi connectivity index (χ3n) is 4.16. The fourth-order valence-electron chi connectivity index (χ4n) is 2.92. The van der Waals surface area contributed by atoms with Gasteiger partial charge in [0.25, 0.3) is 0 Å². The average molecular weight is 232 g/mol. The van der Waals surface area contributed by atoms with Crippen molar-refractivity contribution in [2.45, 2.75) is 52.1 Å². The molecule has 0 spiro atoms. The molecular weight excluding hydrogens is 208 g/mol. The number of aliphatic hydroxyl groups excluding tert-OH is 1. The van der Waals surface area contributed by atoms with E-state index in [0.29, 0.717) is 5.92 Å². The Labute approximate surface area is 105 Å². The minimum atomic E-state index is -0.146. The van der Waals surface area contributed by atoms with Crippen LogP contribution in [0.2, 0.25) is 0 Å². The quantitative estimate of drug-likeness (QED) is 0.841. The van der Waals surface area contributed by atoms with Crippen molar-refractivity contribution in [2.75, 3.05) is 0 Å². The Morgan fingerprint density at radius 2 is 1.82 bits per heavy atom. The van der Waals surface area contributed by atoms with E-state index in [1.807, 2.05) is 0 Å². The molecule has 0 bridgehead atoms. The summed E-state index contributed by atoms with van der Waals surface area (Å²) in [7, 11) is 0. The molecule has 17 heavy (non-hydrogen) atoms. The molecule has 1 fully saturated rings. The summed E-state index contributed by atoms with van der Waals surface area (Å²) in [5, 5.41) is 10.2. The molecular formula is C16H24O. The van der Waals surface area contributed by atoms with Crippen LogP contribution in [0.5, 0.6) is 0 Å². The second kappa shape index (κ2) is 5.68. The topological polar surface area (TPSA) is 20.2 Å². The Bertz CT molecular complexity index is 341. The highest BCUT2D eigenvalue weighted by atomic mass is 16.3. The van der Waals surface area contributed by atoms with Crippen LogP contribution in [0, 0.1) is 11.8 Å². The molecule has 0 heterocycles. The predicted molar refractivity (Wildman–Crippen MR) is 72.0 cm³/mol. The highest BCUT2D eigenvalue weighted by molar-refractivity contribution is 5.23. The largest absolute Gasteiger partial charge is 0.392 e. The Kier molecular flexibility index (Phi) is 4.22. The Morgan fingerprint density at radius 3 is 2.35 bits per heavy atom. The first-order chi connectivity index (χ1) is 8.19. The maximum atomic E-state index is 10.2. The van der Waals surface area contributed by atoms with Crippen molar-refractivity contribution in [3.63, 3.8) is 0 Å². The number of hydrogen-bond donors (Lipinski definition) is 1. The summed E-state index contributed by atoms with van der Waals surface area (Å²) in [6, 6.07) is 8.69. The molecule has 1 aromatic rings. The number of aryl methyl sites for hydroxylation is 1. The van der Waals surface area contributed by atoms with E-state index >= 15 is 0 Å². The molecule has 1 aliphatic carbocycles. The molecule has 1 heteroatoms. The van der Waals surface area contributed by atoms with Gasteiger partial charge in [-0.15, -0.1) is 0 Å². The molecule has 1 aromatic carbocycles. The van der Waals surface area contributed by atoms with E-state index in [1.165, 1.54) is 30.4 Å². The van der Waals surface area contributed by atoms with Gasteiger partial charge in [-0.25, -0.2) is 0 Å². The standard InChI is InChI=1S/C16H24O/c1-3-13-5-7-14(8-6-13)11-16(17)15-9-4-12(2)10-15/h5-8,12,15-17H,3-4,9-11H2,1-2H3. The molecule has 0 radical (unpaired) electrons. The van der Waals surface area contributed by atoms with Gasteiger partial charge in [-0.3, -0.25) is 0 Å². The van der Waals surface area contributed by atoms with Gasteiger partial charge >= 0.3 is 0 Å². The summed E-state index contributed by atoms with van der Waals surface area (Å²) in [4.78, 5) is 0. The van der Waals surface area contributed by atoms with E-state index in [-0.39, 0.29) is 6.10 Å². The summed E-state index contributed by atoms with van der Waals surface area (Å²) in [6.07, 6.45) is 5.46. The maximum absolute atomic E-state index is 10.2. The highest BCUT2D eigenvalue weighted by Gasteiger charge is 2.27. The van der Waals surface area contributed by atoms with Crippen molar-refractivity contribution < 1.29 is 5.11 Å². The lowest BCUT2D eigenvalue weighted by molar-refractivity contribution is 0.109. The summed E-state index contributed by atoms with van der Waals surface area (Å²) in [5.41, 5.74) is 2.65. The van der Waals surface area contributed by atoms with Gasteiger partial charge in [0.15, 0.2) is 0 Å².